The number of nitrogens with two attached hydrogens (primary N) is 1. The molecule has 0 fully saturated rings. The lowest BCUT2D eigenvalue weighted by atomic mass is 10.1. The quantitative estimate of drug-likeness (QED) is 0.726. The number of methoxy groups -OCH3 is 1. The molecule has 0 saturated heterocycles. The van der Waals surface area contributed by atoms with Gasteiger partial charge in [-0.3, -0.25) is 0 Å². The number of rotatable bonds is 2. The van der Waals surface area contributed by atoms with Crippen LogP contribution in [0.15, 0.2) is 36.4 Å². The zero-order valence-corrected chi connectivity index (χ0v) is 11.8. The Morgan fingerprint density at radius 1 is 1.20 bits per heavy atom. The molecular formula is C16H17N3O. The van der Waals surface area contributed by atoms with Gasteiger partial charge in [0.2, 0.25) is 0 Å². The zero-order chi connectivity index (χ0) is 14.3. The van der Waals surface area contributed by atoms with Crippen LogP contribution in [0.4, 0.5) is 5.69 Å². The molecule has 0 atom stereocenters. The number of hydrogen-bond acceptors (Lipinski definition) is 3. The van der Waals surface area contributed by atoms with Crippen LogP contribution >= 0.6 is 0 Å². The number of aryl methyl sites for hydroxylation is 1. The van der Waals surface area contributed by atoms with Crippen LogP contribution in [0.25, 0.3) is 22.4 Å². The van der Waals surface area contributed by atoms with Gasteiger partial charge in [0, 0.05) is 24.4 Å². The summed E-state index contributed by atoms with van der Waals surface area (Å²) in [4.78, 5) is 4.72. The molecule has 0 aliphatic rings. The third kappa shape index (κ3) is 1.81. The molecule has 1 heterocycles. The summed E-state index contributed by atoms with van der Waals surface area (Å²) in [6.07, 6.45) is 0. The van der Waals surface area contributed by atoms with Crippen LogP contribution in [0.2, 0.25) is 0 Å². The van der Waals surface area contributed by atoms with E-state index in [-0.39, 0.29) is 0 Å². The summed E-state index contributed by atoms with van der Waals surface area (Å²) in [6, 6.07) is 11.8. The fourth-order valence-electron chi connectivity index (χ4n) is 2.44. The number of benzene rings is 2. The van der Waals surface area contributed by atoms with Gasteiger partial charge in [-0.1, -0.05) is 12.1 Å². The maximum atomic E-state index is 5.99. The van der Waals surface area contributed by atoms with E-state index in [9.17, 15) is 0 Å². The second kappa shape index (κ2) is 4.56. The van der Waals surface area contributed by atoms with E-state index in [0.29, 0.717) is 0 Å². The number of imidazole rings is 1. The first-order chi connectivity index (χ1) is 9.61. The van der Waals surface area contributed by atoms with Gasteiger partial charge in [0.05, 0.1) is 18.1 Å². The summed E-state index contributed by atoms with van der Waals surface area (Å²) in [5.41, 5.74) is 10.9. The number of ether oxygens (including phenoxy) is 1. The van der Waals surface area contributed by atoms with Crippen molar-refractivity contribution in [2.24, 2.45) is 7.05 Å². The van der Waals surface area contributed by atoms with Crippen LogP contribution in [0.5, 0.6) is 5.75 Å². The van der Waals surface area contributed by atoms with Crippen molar-refractivity contribution in [3.8, 4) is 17.1 Å². The number of fused-ring (bicyclic) bond motifs is 1. The Labute approximate surface area is 117 Å². The Morgan fingerprint density at radius 2 is 2.00 bits per heavy atom. The summed E-state index contributed by atoms with van der Waals surface area (Å²) in [6.45, 7) is 2.02. The minimum atomic E-state index is 0.784. The van der Waals surface area contributed by atoms with E-state index in [1.807, 2.05) is 50.4 Å². The monoisotopic (exact) mass is 267 g/mol. The average Bonchev–Trinajstić information content (AvgIpc) is 2.78. The van der Waals surface area contributed by atoms with Crippen molar-refractivity contribution < 1.29 is 4.74 Å². The molecule has 2 N–H and O–H groups in total. The molecule has 1 aromatic heterocycles. The lowest BCUT2D eigenvalue weighted by molar-refractivity contribution is 0.415. The highest BCUT2D eigenvalue weighted by Gasteiger charge is 2.13. The summed E-state index contributed by atoms with van der Waals surface area (Å²) in [7, 11) is 3.67. The molecule has 20 heavy (non-hydrogen) atoms. The Kier molecular flexibility index (Phi) is 2.86. The number of hydrogen-bond donors (Lipinski definition) is 1. The third-order valence-electron chi connectivity index (χ3n) is 3.70. The number of nitrogen functional groups attached to an aromatic ring is 1. The Hall–Kier alpha value is -2.49. The van der Waals surface area contributed by atoms with Crippen molar-refractivity contribution in [3.63, 3.8) is 0 Å². The lowest BCUT2D eigenvalue weighted by Crippen LogP contribution is -1.97. The van der Waals surface area contributed by atoms with Crippen molar-refractivity contribution in [3.05, 3.63) is 42.0 Å². The molecule has 0 aliphatic heterocycles. The lowest BCUT2D eigenvalue weighted by Gasteiger charge is -2.08. The molecule has 0 spiro atoms. The Balaban J connectivity index is 2.26. The standard InChI is InChI=1S/C16H17N3O/c1-10-12(5-4-6-13(10)17)16-18-14-9-11(20-3)7-8-15(14)19(16)2/h4-9H,17H2,1-3H3. The average molecular weight is 267 g/mol. The molecule has 0 saturated carbocycles. The first kappa shape index (κ1) is 12.5. The molecule has 2 aromatic carbocycles. The van der Waals surface area contributed by atoms with E-state index in [1.54, 1.807) is 7.11 Å². The van der Waals surface area contributed by atoms with E-state index < -0.39 is 0 Å². The van der Waals surface area contributed by atoms with Gasteiger partial charge in [-0.25, -0.2) is 4.98 Å². The molecule has 3 rings (SSSR count). The summed E-state index contributed by atoms with van der Waals surface area (Å²) < 4.78 is 7.33. The van der Waals surface area contributed by atoms with Crippen molar-refractivity contribution in [2.45, 2.75) is 6.92 Å². The second-order valence-corrected chi connectivity index (χ2v) is 4.87. The molecular weight excluding hydrogens is 250 g/mol. The molecule has 102 valence electrons. The largest absolute Gasteiger partial charge is 0.497 e. The second-order valence-electron chi connectivity index (χ2n) is 4.87. The fourth-order valence-corrected chi connectivity index (χ4v) is 2.44. The van der Waals surface area contributed by atoms with Crippen molar-refractivity contribution in [1.29, 1.82) is 0 Å². The predicted octanol–water partition coefficient (Wildman–Crippen LogP) is 3.14. The molecule has 0 amide bonds. The van der Waals surface area contributed by atoms with E-state index in [4.69, 9.17) is 15.5 Å². The topological polar surface area (TPSA) is 53.1 Å². The first-order valence-electron chi connectivity index (χ1n) is 6.47. The van der Waals surface area contributed by atoms with Crippen LogP contribution in [0, 0.1) is 6.92 Å². The van der Waals surface area contributed by atoms with E-state index >= 15 is 0 Å². The Morgan fingerprint density at radius 3 is 2.75 bits per heavy atom. The SMILES string of the molecule is COc1ccc2c(c1)nc(-c1cccc(N)c1C)n2C. The highest BCUT2D eigenvalue weighted by molar-refractivity contribution is 5.83. The summed E-state index contributed by atoms with van der Waals surface area (Å²) in [5, 5.41) is 0. The van der Waals surface area contributed by atoms with Crippen molar-refractivity contribution in [2.75, 3.05) is 12.8 Å². The maximum absolute atomic E-state index is 5.99. The molecule has 4 heteroatoms. The van der Waals surface area contributed by atoms with Crippen molar-refractivity contribution in [1.82, 2.24) is 9.55 Å². The summed E-state index contributed by atoms with van der Waals surface area (Å²) in [5.74, 6) is 1.73. The van der Waals surface area contributed by atoms with Crippen LogP contribution in [0.1, 0.15) is 5.56 Å². The van der Waals surface area contributed by atoms with Gasteiger partial charge in [-0.15, -0.1) is 0 Å². The van der Waals surface area contributed by atoms with E-state index in [2.05, 4.69) is 4.57 Å². The third-order valence-corrected chi connectivity index (χ3v) is 3.70. The van der Waals surface area contributed by atoms with Crippen LogP contribution in [0.3, 0.4) is 0 Å². The van der Waals surface area contributed by atoms with E-state index in [0.717, 1.165) is 39.4 Å². The van der Waals surface area contributed by atoms with Gasteiger partial charge in [0.15, 0.2) is 0 Å². The smallest absolute Gasteiger partial charge is 0.141 e. The van der Waals surface area contributed by atoms with Gasteiger partial charge in [-0.2, -0.15) is 0 Å². The van der Waals surface area contributed by atoms with Crippen LogP contribution in [-0.4, -0.2) is 16.7 Å². The van der Waals surface area contributed by atoms with Gasteiger partial charge >= 0.3 is 0 Å². The van der Waals surface area contributed by atoms with Gasteiger partial charge in [-0.05, 0) is 30.7 Å². The molecule has 4 nitrogen and oxygen atoms in total. The maximum Gasteiger partial charge on any atom is 0.141 e. The van der Waals surface area contributed by atoms with Gasteiger partial charge < -0.3 is 15.0 Å². The molecule has 0 bridgehead atoms. The summed E-state index contributed by atoms with van der Waals surface area (Å²) >= 11 is 0. The minimum Gasteiger partial charge on any atom is -0.497 e. The number of anilines is 1. The fraction of sp³-hybridized carbons (Fsp3) is 0.188. The van der Waals surface area contributed by atoms with Crippen LogP contribution < -0.4 is 10.5 Å². The normalized spacial score (nSPS) is 10.9. The highest BCUT2D eigenvalue weighted by Crippen LogP contribution is 2.30. The van der Waals surface area contributed by atoms with Crippen LogP contribution in [-0.2, 0) is 7.05 Å². The van der Waals surface area contributed by atoms with Crippen molar-refractivity contribution >= 4 is 16.7 Å². The number of nitrogens with zero attached hydrogens (tertiary/aromatic N) is 2. The zero-order valence-electron chi connectivity index (χ0n) is 11.8. The van der Waals surface area contributed by atoms with Gasteiger partial charge in [0.25, 0.3) is 0 Å². The predicted molar refractivity (Wildman–Crippen MR) is 81.9 cm³/mol. The Bertz CT molecular complexity index is 790. The molecule has 0 aliphatic carbocycles. The minimum absolute atomic E-state index is 0.784. The molecule has 0 unspecified atom stereocenters. The first-order valence-corrected chi connectivity index (χ1v) is 6.47. The molecule has 3 aromatic rings. The molecule has 0 radical (unpaired) electrons. The van der Waals surface area contributed by atoms with E-state index in [1.165, 1.54) is 0 Å². The number of aromatic nitrogens is 2. The highest BCUT2D eigenvalue weighted by atomic mass is 16.5. The van der Waals surface area contributed by atoms with Gasteiger partial charge in [0.1, 0.15) is 11.6 Å².